The van der Waals surface area contributed by atoms with E-state index in [0.29, 0.717) is 0 Å². The Balaban J connectivity index is 2.61. The molecule has 0 saturated carbocycles. The molecule has 0 unspecified atom stereocenters. The van der Waals surface area contributed by atoms with Gasteiger partial charge in [-0.3, -0.25) is 0 Å². The van der Waals surface area contributed by atoms with Crippen LogP contribution in [0.2, 0.25) is 0 Å². The molecule has 0 fully saturated rings. The number of halogens is 4. The predicted octanol–water partition coefficient (Wildman–Crippen LogP) is 5.14. The van der Waals surface area contributed by atoms with E-state index in [1.54, 1.807) is 18.2 Å². The van der Waals surface area contributed by atoms with E-state index in [1.807, 2.05) is 6.07 Å². The highest BCUT2D eigenvalue weighted by molar-refractivity contribution is 9.10. The minimum atomic E-state index is -2.29. The zero-order valence-corrected chi connectivity index (χ0v) is 9.56. The van der Waals surface area contributed by atoms with Crippen molar-refractivity contribution in [3.8, 4) is 0 Å². The summed E-state index contributed by atoms with van der Waals surface area (Å²) in [5.41, 5.74) is -0.102. The van der Waals surface area contributed by atoms with Crippen LogP contribution in [0.3, 0.4) is 0 Å². The summed E-state index contributed by atoms with van der Waals surface area (Å²) >= 11 is 3.30. The van der Waals surface area contributed by atoms with Crippen LogP contribution in [-0.2, 0) is 0 Å². The first-order valence-corrected chi connectivity index (χ1v) is 5.27. The molecule has 0 atom stereocenters. The Morgan fingerprint density at radius 2 is 1.50 bits per heavy atom. The zero-order valence-electron chi connectivity index (χ0n) is 7.98. The predicted molar refractivity (Wildman–Crippen MR) is 61.9 cm³/mol. The van der Waals surface area contributed by atoms with Crippen molar-refractivity contribution >= 4 is 32.5 Å². The fourth-order valence-electron chi connectivity index (χ4n) is 1.46. The molecule has 0 aliphatic carbocycles. The lowest BCUT2D eigenvalue weighted by Crippen LogP contribution is -1.81. The molecule has 2 aromatic rings. The Morgan fingerprint density at radius 3 is 2.19 bits per heavy atom. The van der Waals surface area contributed by atoms with Crippen LogP contribution in [0.25, 0.3) is 16.6 Å². The highest BCUT2D eigenvalue weighted by Gasteiger charge is 2.08. The molecule has 2 aromatic carbocycles. The van der Waals surface area contributed by atoms with Crippen molar-refractivity contribution in [1.82, 2.24) is 0 Å². The second kappa shape index (κ2) is 4.29. The first kappa shape index (κ1) is 11.2. The summed E-state index contributed by atoms with van der Waals surface area (Å²) in [7, 11) is 0. The maximum Gasteiger partial charge on any atom is 0.306 e. The fraction of sp³-hybridized carbons (Fsp3) is 0. The molecule has 0 aliphatic rings. The van der Waals surface area contributed by atoms with E-state index in [-0.39, 0.29) is 5.56 Å². The van der Waals surface area contributed by atoms with E-state index in [1.165, 1.54) is 12.1 Å². The Morgan fingerprint density at radius 1 is 0.875 bits per heavy atom. The van der Waals surface area contributed by atoms with Gasteiger partial charge in [0.15, 0.2) is 5.83 Å². The molecule has 82 valence electrons. The van der Waals surface area contributed by atoms with Crippen LogP contribution in [-0.4, -0.2) is 0 Å². The van der Waals surface area contributed by atoms with E-state index in [4.69, 9.17) is 0 Å². The molecule has 4 heteroatoms. The minimum Gasteiger partial charge on any atom is -0.200 e. The van der Waals surface area contributed by atoms with Gasteiger partial charge in [0.2, 0.25) is 0 Å². The normalized spacial score (nSPS) is 10.5. The summed E-state index contributed by atoms with van der Waals surface area (Å²) < 4.78 is 38.0. The third kappa shape index (κ3) is 2.11. The molecule has 0 bridgehead atoms. The van der Waals surface area contributed by atoms with Crippen LogP contribution in [0, 0.1) is 0 Å². The Hall–Kier alpha value is -1.29. The zero-order chi connectivity index (χ0) is 11.7. The third-order valence-electron chi connectivity index (χ3n) is 2.22. The van der Waals surface area contributed by atoms with Gasteiger partial charge in [0.25, 0.3) is 0 Å². The highest BCUT2D eigenvalue weighted by atomic mass is 79.9. The fourth-order valence-corrected chi connectivity index (χ4v) is 1.84. The SMILES string of the molecule is FC(F)=C(F)c1ccc2cc(Br)ccc2c1. The third-order valence-corrected chi connectivity index (χ3v) is 2.71. The molecule has 0 aliphatic heterocycles. The van der Waals surface area contributed by atoms with E-state index in [9.17, 15) is 13.2 Å². The van der Waals surface area contributed by atoms with E-state index in [2.05, 4.69) is 15.9 Å². The van der Waals surface area contributed by atoms with Gasteiger partial charge in [-0.05, 0) is 29.0 Å². The lowest BCUT2D eigenvalue weighted by atomic mass is 10.1. The molecule has 0 nitrogen and oxygen atoms in total. The average molecular weight is 287 g/mol. The van der Waals surface area contributed by atoms with Crippen molar-refractivity contribution in [2.75, 3.05) is 0 Å². The standard InChI is InChI=1S/C12H6BrF3/c13-10-4-3-7-5-9(11(14)12(15)16)2-1-8(7)6-10/h1-6H. The first-order chi connectivity index (χ1) is 7.58. The molecule has 0 N–H and O–H groups in total. The first-order valence-electron chi connectivity index (χ1n) is 4.48. The van der Waals surface area contributed by atoms with Crippen molar-refractivity contribution in [3.63, 3.8) is 0 Å². The van der Waals surface area contributed by atoms with Crippen LogP contribution >= 0.6 is 15.9 Å². The molecule has 0 aromatic heterocycles. The van der Waals surface area contributed by atoms with Crippen molar-refractivity contribution in [1.29, 1.82) is 0 Å². The van der Waals surface area contributed by atoms with Gasteiger partial charge in [0.1, 0.15) is 0 Å². The van der Waals surface area contributed by atoms with Crippen molar-refractivity contribution in [3.05, 3.63) is 52.5 Å². The van der Waals surface area contributed by atoms with Crippen LogP contribution in [0.4, 0.5) is 13.2 Å². The van der Waals surface area contributed by atoms with E-state index < -0.39 is 11.9 Å². The summed E-state index contributed by atoms with van der Waals surface area (Å²) in [5, 5.41) is 1.59. The largest absolute Gasteiger partial charge is 0.306 e. The second-order valence-electron chi connectivity index (χ2n) is 3.28. The topological polar surface area (TPSA) is 0 Å². The Bertz CT molecular complexity index is 571. The lowest BCUT2D eigenvalue weighted by molar-refractivity contribution is 0.410. The van der Waals surface area contributed by atoms with E-state index in [0.717, 1.165) is 15.2 Å². The number of hydrogen-bond acceptors (Lipinski definition) is 0. The van der Waals surface area contributed by atoms with Crippen LogP contribution in [0.1, 0.15) is 5.56 Å². The quantitative estimate of drug-likeness (QED) is 0.681. The molecule has 0 radical (unpaired) electrons. The molecule has 2 rings (SSSR count). The van der Waals surface area contributed by atoms with Crippen molar-refractivity contribution < 1.29 is 13.2 Å². The smallest absolute Gasteiger partial charge is 0.200 e. The Labute approximate surface area is 98.5 Å². The number of hydrogen-bond donors (Lipinski definition) is 0. The van der Waals surface area contributed by atoms with Gasteiger partial charge in [-0.25, -0.2) is 4.39 Å². The van der Waals surface area contributed by atoms with Crippen LogP contribution in [0.15, 0.2) is 47.0 Å². The highest BCUT2D eigenvalue weighted by Crippen LogP contribution is 2.27. The summed E-state index contributed by atoms with van der Waals surface area (Å²) in [5.74, 6) is -1.47. The summed E-state index contributed by atoms with van der Waals surface area (Å²) in [6.45, 7) is 0. The van der Waals surface area contributed by atoms with Crippen molar-refractivity contribution in [2.24, 2.45) is 0 Å². The van der Waals surface area contributed by atoms with Crippen LogP contribution < -0.4 is 0 Å². The molecule has 0 spiro atoms. The minimum absolute atomic E-state index is 0.102. The maximum atomic E-state index is 13.0. The number of benzene rings is 2. The lowest BCUT2D eigenvalue weighted by Gasteiger charge is -2.01. The summed E-state index contributed by atoms with van der Waals surface area (Å²) in [4.78, 5) is 0. The molecule has 0 heterocycles. The van der Waals surface area contributed by atoms with Crippen LogP contribution in [0.5, 0.6) is 0 Å². The van der Waals surface area contributed by atoms with Gasteiger partial charge in [-0.15, -0.1) is 0 Å². The van der Waals surface area contributed by atoms with E-state index >= 15 is 0 Å². The summed E-state index contributed by atoms with van der Waals surface area (Å²) in [6, 6.07) is 9.70. The summed E-state index contributed by atoms with van der Waals surface area (Å²) in [6.07, 6.45) is -2.29. The molecular weight excluding hydrogens is 281 g/mol. The van der Waals surface area contributed by atoms with Gasteiger partial charge in [-0.2, -0.15) is 8.78 Å². The number of rotatable bonds is 1. The van der Waals surface area contributed by atoms with Gasteiger partial charge in [-0.1, -0.05) is 34.1 Å². The van der Waals surface area contributed by atoms with Gasteiger partial charge < -0.3 is 0 Å². The maximum absolute atomic E-state index is 13.0. The average Bonchev–Trinajstić information content (AvgIpc) is 2.27. The van der Waals surface area contributed by atoms with Crippen molar-refractivity contribution in [2.45, 2.75) is 0 Å². The Kier molecular flexibility index (Phi) is 3.01. The van der Waals surface area contributed by atoms with Gasteiger partial charge >= 0.3 is 6.08 Å². The second-order valence-corrected chi connectivity index (χ2v) is 4.20. The van der Waals surface area contributed by atoms with Gasteiger partial charge in [0, 0.05) is 10.0 Å². The van der Waals surface area contributed by atoms with Gasteiger partial charge in [0.05, 0.1) is 0 Å². The molecule has 0 amide bonds. The number of fused-ring (bicyclic) bond motifs is 1. The monoisotopic (exact) mass is 286 g/mol. The molecule has 16 heavy (non-hydrogen) atoms. The molecule has 0 saturated heterocycles. The molecular formula is C12H6BrF3.